The van der Waals surface area contributed by atoms with Crippen molar-refractivity contribution in [2.75, 3.05) is 17.2 Å². The number of rotatable bonds is 3. The Morgan fingerprint density at radius 2 is 1.96 bits per heavy atom. The van der Waals surface area contributed by atoms with Crippen molar-refractivity contribution in [3.63, 3.8) is 0 Å². The Balaban J connectivity index is 1.62. The van der Waals surface area contributed by atoms with Gasteiger partial charge in [-0.1, -0.05) is 29.8 Å². The van der Waals surface area contributed by atoms with E-state index in [2.05, 4.69) is 16.0 Å². The van der Waals surface area contributed by atoms with Gasteiger partial charge in [0.2, 0.25) is 0 Å². The molecule has 6 nitrogen and oxygen atoms in total. The van der Waals surface area contributed by atoms with Crippen LogP contribution in [0.2, 0.25) is 0 Å². The van der Waals surface area contributed by atoms with E-state index in [1.165, 1.54) is 5.56 Å². The second kappa shape index (κ2) is 6.62. The molecule has 3 amide bonds. The van der Waals surface area contributed by atoms with Crippen LogP contribution in [0, 0.1) is 6.92 Å². The van der Waals surface area contributed by atoms with Crippen molar-refractivity contribution in [1.82, 2.24) is 5.32 Å². The largest absolute Gasteiger partial charge is 0.482 e. The summed E-state index contributed by atoms with van der Waals surface area (Å²) in [6, 6.07) is 12.7. The predicted molar refractivity (Wildman–Crippen MR) is 92.3 cm³/mol. The molecule has 1 heterocycles. The highest BCUT2D eigenvalue weighted by Gasteiger charge is 2.17. The van der Waals surface area contributed by atoms with Crippen molar-refractivity contribution in [2.24, 2.45) is 0 Å². The van der Waals surface area contributed by atoms with Gasteiger partial charge in [-0.05, 0) is 31.5 Å². The number of fused-ring (bicyclic) bond motifs is 1. The van der Waals surface area contributed by atoms with E-state index in [0.717, 1.165) is 5.56 Å². The van der Waals surface area contributed by atoms with Gasteiger partial charge in [0.25, 0.3) is 5.91 Å². The van der Waals surface area contributed by atoms with Gasteiger partial charge in [0, 0.05) is 11.8 Å². The summed E-state index contributed by atoms with van der Waals surface area (Å²) in [4.78, 5) is 23.4. The molecule has 3 N–H and O–H groups in total. The van der Waals surface area contributed by atoms with Gasteiger partial charge < -0.3 is 20.7 Å². The van der Waals surface area contributed by atoms with Crippen LogP contribution in [0.1, 0.15) is 24.1 Å². The van der Waals surface area contributed by atoms with Gasteiger partial charge >= 0.3 is 6.03 Å². The monoisotopic (exact) mass is 325 g/mol. The maximum Gasteiger partial charge on any atom is 0.319 e. The fourth-order valence-electron chi connectivity index (χ4n) is 2.45. The second-order valence-electron chi connectivity index (χ2n) is 5.78. The second-order valence-corrected chi connectivity index (χ2v) is 5.78. The van der Waals surface area contributed by atoms with E-state index in [-0.39, 0.29) is 24.6 Å². The van der Waals surface area contributed by atoms with Crippen LogP contribution in [0.5, 0.6) is 5.75 Å². The van der Waals surface area contributed by atoms with Crippen LogP contribution >= 0.6 is 0 Å². The Morgan fingerprint density at radius 1 is 1.21 bits per heavy atom. The number of amides is 3. The fraction of sp³-hybridized carbons (Fsp3) is 0.222. The average molecular weight is 325 g/mol. The number of carbonyl (C=O) groups excluding carboxylic acids is 2. The van der Waals surface area contributed by atoms with E-state index in [4.69, 9.17) is 4.74 Å². The highest BCUT2D eigenvalue weighted by Crippen LogP contribution is 2.30. The Labute approximate surface area is 140 Å². The molecule has 2 aromatic rings. The molecule has 0 saturated carbocycles. The van der Waals surface area contributed by atoms with E-state index in [0.29, 0.717) is 17.1 Å². The van der Waals surface area contributed by atoms with Crippen LogP contribution in [0.15, 0.2) is 42.5 Å². The molecule has 1 aliphatic heterocycles. The SMILES string of the molecule is Cc1ccc(C(C)NC(=O)Nc2ccc3c(c2)OCC(=O)N3)cc1. The number of hydrogen-bond donors (Lipinski definition) is 3. The third-order valence-corrected chi connectivity index (χ3v) is 3.80. The van der Waals surface area contributed by atoms with Crippen molar-refractivity contribution in [3.05, 3.63) is 53.6 Å². The van der Waals surface area contributed by atoms with Gasteiger partial charge in [-0.3, -0.25) is 4.79 Å². The Kier molecular flexibility index (Phi) is 4.37. The van der Waals surface area contributed by atoms with Gasteiger partial charge in [-0.25, -0.2) is 4.79 Å². The molecule has 1 unspecified atom stereocenters. The lowest BCUT2D eigenvalue weighted by atomic mass is 10.1. The molecule has 2 aromatic carbocycles. The molecule has 124 valence electrons. The maximum absolute atomic E-state index is 12.2. The first-order valence-corrected chi connectivity index (χ1v) is 7.72. The summed E-state index contributed by atoms with van der Waals surface area (Å²) in [6.07, 6.45) is 0. The quantitative estimate of drug-likeness (QED) is 0.811. The summed E-state index contributed by atoms with van der Waals surface area (Å²) < 4.78 is 5.34. The smallest absolute Gasteiger partial charge is 0.319 e. The number of hydrogen-bond acceptors (Lipinski definition) is 3. The molecular formula is C18H19N3O3. The molecule has 0 radical (unpaired) electrons. The minimum atomic E-state index is -0.303. The number of ether oxygens (including phenoxy) is 1. The topological polar surface area (TPSA) is 79.5 Å². The first kappa shape index (κ1) is 15.9. The van der Waals surface area contributed by atoms with Gasteiger partial charge in [-0.15, -0.1) is 0 Å². The number of nitrogens with one attached hydrogen (secondary N) is 3. The lowest BCUT2D eigenvalue weighted by molar-refractivity contribution is -0.118. The van der Waals surface area contributed by atoms with Crippen molar-refractivity contribution in [2.45, 2.75) is 19.9 Å². The zero-order valence-corrected chi connectivity index (χ0v) is 13.6. The first-order chi connectivity index (χ1) is 11.5. The summed E-state index contributed by atoms with van der Waals surface area (Å²) >= 11 is 0. The molecule has 0 fully saturated rings. The van der Waals surface area contributed by atoms with Gasteiger partial charge in [0.05, 0.1) is 11.7 Å². The minimum Gasteiger partial charge on any atom is -0.482 e. The normalized spacial score (nSPS) is 14.0. The minimum absolute atomic E-state index is 0.0207. The molecule has 3 rings (SSSR count). The molecule has 0 saturated heterocycles. The van der Waals surface area contributed by atoms with Crippen LogP contribution in [0.4, 0.5) is 16.2 Å². The third kappa shape index (κ3) is 3.65. The van der Waals surface area contributed by atoms with Crippen LogP contribution < -0.4 is 20.7 Å². The molecule has 1 atom stereocenters. The van der Waals surface area contributed by atoms with Gasteiger partial charge in [0.1, 0.15) is 5.75 Å². The molecule has 6 heteroatoms. The van der Waals surface area contributed by atoms with E-state index in [9.17, 15) is 9.59 Å². The third-order valence-electron chi connectivity index (χ3n) is 3.80. The number of urea groups is 1. The summed E-state index contributed by atoms with van der Waals surface area (Å²) in [6.45, 7) is 3.93. The van der Waals surface area contributed by atoms with E-state index in [1.807, 2.05) is 38.1 Å². The molecule has 24 heavy (non-hydrogen) atoms. The molecule has 0 spiro atoms. The average Bonchev–Trinajstić information content (AvgIpc) is 2.55. The highest BCUT2D eigenvalue weighted by molar-refractivity contribution is 5.96. The summed E-state index contributed by atoms with van der Waals surface area (Å²) in [5.41, 5.74) is 3.41. The van der Waals surface area contributed by atoms with Crippen molar-refractivity contribution in [3.8, 4) is 5.75 Å². The van der Waals surface area contributed by atoms with Crippen molar-refractivity contribution in [1.29, 1.82) is 0 Å². The van der Waals surface area contributed by atoms with Crippen LogP contribution in [-0.2, 0) is 4.79 Å². The lowest BCUT2D eigenvalue weighted by Gasteiger charge is -2.19. The standard InChI is InChI=1S/C18H19N3O3/c1-11-3-5-13(6-4-11)12(2)19-18(23)20-14-7-8-15-16(9-14)24-10-17(22)21-15/h3-9,12H,10H2,1-2H3,(H,21,22)(H2,19,20,23). The number of anilines is 2. The maximum atomic E-state index is 12.2. The lowest BCUT2D eigenvalue weighted by Crippen LogP contribution is -2.31. The predicted octanol–water partition coefficient (Wildman–Crippen LogP) is 3.21. The molecule has 0 aromatic heterocycles. The summed E-state index contributed by atoms with van der Waals surface area (Å²) in [5.74, 6) is 0.354. The Hall–Kier alpha value is -3.02. The number of aryl methyl sites for hydroxylation is 1. The molecule has 0 bridgehead atoms. The molecule has 1 aliphatic rings. The Bertz CT molecular complexity index is 772. The zero-order chi connectivity index (χ0) is 17.1. The van der Waals surface area contributed by atoms with E-state index >= 15 is 0 Å². The van der Waals surface area contributed by atoms with Crippen LogP contribution in [0.3, 0.4) is 0 Å². The van der Waals surface area contributed by atoms with Crippen LogP contribution in [0.25, 0.3) is 0 Å². The van der Waals surface area contributed by atoms with Crippen molar-refractivity contribution >= 4 is 23.3 Å². The summed E-state index contributed by atoms with van der Waals surface area (Å²) in [7, 11) is 0. The number of carbonyl (C=O) groups is 2. The van der Waals surface area contributed by atoms with E-state index in [1.54, 1.807) is 18.2 Å². The Morgan fingerprint density at radius 3 is 2.71 bits per heavy atom. The van der Waals surface area contributed by atoms with Crippen LogP contribution in [-0.4, -0.2) is 18.5 Å². The zero-order valence-electron chi connectivity index (χ0n) is 13.6. The first-order valence-electron chi connectivity index (χ1n) is 7.72. The van der Waals surface area contributed by atoms with E-state index < -0.39 is 0 Å². The molecular weight excluding hydrogens is 306 g/mol. The van der Waals surface area contributed by atoms with Gasteiger partial charge in [-0.2, -0.15) is 0 Å². The van der Waals surface area contributed by atoms with Crippen molar-refractivity contribution < 1.29 is 14.3 Å². The molecule has 0 aliphatic carbocycles. The summed E-state index contributed by atoms with van der Waals surface area (Å²) in [5, 5.41) is 8.37. The number of benzene rings is 2. The van der Waals surface area contributed by atoms with Gasteiger partial charge in [0.15, 0.2) is 6.61 Å². The fourth-order valence-corrected chi connectivity index (χ4v) is 2.45. The highest BCUT2D eigenvalue weighted by atomic mass is 16.5.